The standard InChI is InChI=1S/C13H26N2O3/c1-5-11(6-2)7-14-13(18)15(8-10(3)4)9-12(16)17/h10-11H,5-9H2,1-4H3,(H,14,18)(H,16,17). The number of hydrogen-bond acceptors (Lipinski definition) is 2. The lowest BCUT2D eigenvalue weighted by molar-refractivity contribution is -0.137. The first-order valence-corrected chi connectivity index (χ1v) is 6.65. The van der Waals surface area contributed by atoms with Crippen LogP contribution in [0, 0.1) is 11.8 Å². The fourth-order valence-electron chi connectivity index (χ4n) is 1.74. The molecule has 5 nitrogen and oxygen atoms in total. The minimum absolute atomic E-state index is 0.243. The number of amides is 2. The number of carbonyl (C=O) groups excluding carboxylic acids is 1. The number of nitrogens with one attached hydrogen (secondary N) is 1. The molecule has 0 spiro atoms. The molecule has 0 saturated carbocycles. The van der Waals surface area contributed by atoms with Gasteiger partial charge in [0.1, 0.15) is 6.54 Å². The average molecular weight is 258 g/mol. The molecule has 0 radical (unpaired) electrons. The van der Waals surface area contributed by atoms with E-state index in [0.717, 1.165) is 12.8 Å². The summed E-state index contributed by atoms with van der Waals surface area (Å²) in [5.74, 6) is -0.267. The van der Waals surface area contributed by atoms with Gasteiger partial charge in [-0.15, -0.1) is 0 Å². The molecule has 18 heavy (non-hydrogen) atoms. The summed E-state index contributed by atoms with van der Waals surface area (Å²) >= 11 is 0. The Morgan fingerprint density at radius 1 is 1.22 bits per heavy atom. The van der Waals surface area contributed by atoms with Crippen LogP contribution >= 0.6 is 0 Å². The monoisotopic (exact) mass is 258 g/mol. The van der Waals surface area contributed by atoms with Crippen LogP contribution in [-0.4, -0.2) is 41.6 Å². The number of rotatable bonds is 8. The summed E-state index contributed by atoms with van der Waals surface area (Å²) in [6, 6.07) is -0.280. The lowest BCUT2D eigenvalue weighted by Gasteiger charge is -2.24. The third kappa shape index (κ3) is 7.14. The third-order valence-corrected chi connectivity index (χ3v) is 2.90. The summed E-state index contributed by atoms with van der Waals surface area (Å²) in [7, 11) is 0. The highest BCUT2D eigenvalue weighted by Gasteiger charge is 2.18. The van der Waals surface area contributed by atoms with Crippen LogP contribution in [0.5, 0.6) is 0 Å². The first-order chi connectivity index (χ1) is 8.40. The molecule has 5 heteroatoms. The Bertz CT molecular complexity index is 263. The minimum Gasteiger partial charge on any atom is -0.480 e. The number of nitrogens with zero attached hydrogens (tertiary/aromatic N) is 1. The topological polar surface area (TPSA) is 69.6 Å². The maximum atomic E-state index is 11.9. The van der Waals surface area contributed by atoms with E-state index in [0.29, 0.717) is 19.0 Å². The number of carboxylic acids is 1. The molecule has 0 unspecified atom stereocenters. The number of aliphatic carboxylic acids is 1. The Kier molecular flexibility index (Phi) is 8.16. The van der Waals surface area contributed by atoms with Gasteiger partial charge >= 0.3 is 12.0 Å². The van der Waals surface area contributed by atoms with Crippen LogP contribution in [0.25, 0.3) is 0 Å². The minimum atomic E-state index is -0.978. The van der Waals surface area contributed by atoms with Crippen LogP contribution < -0.4 is 5.32 Å². The lowest BCUT2D eigenvalue weighted by atomic mass is 10.0. The van der Waals surface area contributed by atoms with E-state index in [9.17, 15) is 9.59 Å². The Labute approximate surface area is 110 Å². The van der Waals surface area contributed by atoms with Crippen LogP contribution in [0.1, 0.15) is 40.5 Å². The predicted octanol–water partition coefficient (Wildman–Crippen LogP) is 2.17. The molecule has 0 aromatic rings. The fourth-order valence-corrected chi connectivity index (χ4v) is 1.74. The number of hydrogen-bond donors (Lipinski definition) is 2. The normalized spacial score (nSPS) is 10.8. The van der Waals surface area contributed by atoms with Crippen LogP contribution in [-0.2, 0) is 4.79 Å². The van der Waals surface area contributed by atoms with E-state index in [2.05, 4.69) is 19.2 Å². The van der Waals surface area contributed by atoms with Crippen molar-refractivity contribution in [3.63, 3.8) is 0 Å². The second kappa shape index (κ2) is 8.78. The summed E-state index contributed by atoms with van der Waals surface area (Å²) in [5, 5.41) is 11.6. The van der Waals surface area contributed by atoms with Gasteiger partial charge in [0.2, 0.25) is 0 Å². The number of carbonyl (C=O) groups is 2. The molecule has 0 heterocycles. The summed E-state index contributed by atoms with van der Waals surface area (Å²) in [4.78, 5) is 24.0. The molecule has 2 amide bonds. The highest BCUT2D eigenvalue weighted by molar-refractivity contribution is 5.80. The quantitative estimate of drug-likeness (QED) is 0.701. The van der Waals surface area contributed by atoms with Crippen molar-refractivity contribution in [1.82, 2.24) is 10.2 Å². The highest BCUT2D eigenvalue weighted by Crippen LogP contribution is 2.06. The van der Waals surface area contributed by atoms with Gasteiger partial charge in [-0.1, -0.05) is 40.5 Å². The van der Waals surface area contributed by atoms with Gasteiger partial charge in [0, 0.05) is 13.1 Å². The van der Waals surface area contributed by atoms with Crippen molar-refractivity contribution < 1.29 is 14.7 Å². The molecule has 0 bridgehead atoms. The smallest absolute Gasteiger partial charge is 0.323 e. The van der Waals surface area contributed by atoms with Crippen molar-refractivity contribution in [3.05, 3.63) is 0 Å². The van der Waals surface area contributed by atoms with Gasteiger partial charge in [0.15, 0.2) is 0 Å². The molecule has 0 fully saturated rings. The maximum Gasteiger partial charge on any atom is 0.323 e. The molecule has 0 aliphatic heterocycles. The Hall–Kier alpha value is -1.26. The molecule has 0 atom stereocenters. The van der Waals surface area contributed by atoms with E-state index in [1.807, 2.05) is 13.8 Å². The van der Waals surface area contributed by atoms with Crippen LogP contribution in [0.15, 0.2) is 0 Å². The first kappa shape index (κ1) is 16.7. The van der Waals surface area contributed by atoms with E-state index in [-0.39, 0.29) is 18.5 Å². The van der Waals surface area contributed by atoms with Crippen molar-refractivity contribution in [2.24, 2.45) is 11.8 Å². The zero-order valence-corrected chi connectivity index (χ0v) is 11.9. The summed E-state index contributed by atoms with van der Waals surface area (Å²) < 4.78 is 0. The van der Waals surface area contributed by atoms with Gasteiger partial charge in [-0.3, -0.25) is 4.79 Å². The lowest BCUT2D eigenvalue weighted by Crippen LogP contribution is -2.45. The fraction of sp³-hybridized carbons (Fsp3) is 0.846. The molecule has 0 aliphatic rings. The van der Waals surface area contributed by atoms with Crippen LogP contribution in [0.4, 0.5) is 4.79 Å². The molecule has 0 aliphatic carbocycles. The molecule has 2 N–H and O–H groups in total. The van der Waals surface area contributed by atoms with Crippen molar-refractivity contribution in [1.29, 1.82) is 0 Å². The number of carboxylic acid groups (broad SMARTS) is 1. The molecular weight excluding hydrogens is 232 g/mol. The molecule has 0 aromatic heterocycles. The van der Waals surface area contributed by atoms with E-state index >= 15 is 0 Å². The van der Waals surface area contributed by atoms with Crippen molar-refractivity contribution in [2.45, 2.75) is 40.5 Å². The zero-order chi connectivity index (χ0) is 14.1. The van der Waals surface area contributed by atoms with Crippen molar-refractivity contribution in [3.8, 4) is 0 Å². The average Bonchev–Trinajstić information content (AvgIpc) is 2.28. The second-order valence-corrected chi connectivity index (χ2v) is 5.04. The van der Waals surface area contributed by atoms with Gasteiger partial charge in [-0.2, -0.15) is 0 Å². The highest BCUT2D eigenvalue weighted by atomic mass is 16.4. The SMILES string of the molecule is CCC(CC)CNC(=O)N(CC(=O)O)CC(C)C. The molecular formula is C13H26N2O3. The molecule has 0 aromatic carbocycles. The third-order valence-electron chi connectivity index (χ3n) is 2.90. The Morgan fingerprint density at radius 2 is 1.78 bits per heavy atom. The van der Waals surface area contributed by atoms with E-state index in [4.69, 9.17) is 5.11 Å². The Morgan fingerprint density at radius 3 is 2.17 bits per heavy atom. The maximum absolute atomic E-state index is 11.9. The van der Waals surface area contributed by atoms with E-state index in [1.54, 1.807) is 0 Å². The van der Waals surface area contributed by atoms with Crippen LogP contribution in [0.2, 0.25) is 0 Å². The Balaban J connectivity index is 4.32. The molecule has 0 rings (SSSR count). The van der Waals surface area contributed by atoms with Gasteiger partial charge in [0.05, 0.1) is 0 Å². The van der Waals surface area contributed by atoms with Crippen LogP contribution in [0.3, 0.4) is 0 Å². The first-order valence-electron chi connectivity index (χ1n) is 6.65. The van der Waals surface area contributed by atoms with Crippen molar-refractivity contribution in [2.75, 3.05) is 19.6 Å². The van der Waals surface area contributed by atoms with Gasteiger partial charge in [-0.05, 0) is 11.8 Å². The second-order valence-electron chi connectivity index (χ2n) is 5.04. The van der Waals surface area contributed by atoms with E-state index < -0.39 is 5.97 Å². The van der Waals surface area contributed by atoms with E-state index in [1.165, 1.54) is 4.90 Å². The summed E-state index contributed by atoms with van der Waals surface area (Å²) in [6.45, 7) is 8.92. The zero-order valence-electron chi connectivity index (χ0n) is 11.9. The number of urea groups is 1. The summed E-state index contributed by atoms with van der Waals surface area (Å²) in [6.07, 6.45) is 2.03. The predicted molar refractivity (Wildman–Crippen MR) is 71.5 cm³/mol. The summed E-state index contributed by atoms with van der Waals surface area (Å²) in [5.41, 5.74) is 0. The van der Waals surface area contributed by atoms with Gasteiger partial charge < -0.3 is 15.3 Å². The largest absolute Gasteiger partial charge is 0.480 e. The molecule has 106 valence electrons. The van der Waals surface area contributed by atoms with Gasteiger partial charge in [-0.25, -0.2) is 4.79 Å². The van der Waals surface area contributed by atoms with Crippen molar-refractivity contribution >= 4 is 12.0 Å². The molecule has 0 saturated heterocycles. The van der Waals surface area contributed by atoms with Gasteiger partial charge in [0.25, 0.3) is 0 Å².